The predicted octanol–water partition coefficient (Wildman–Crippen LogP) is 1.94. The van der Waals surface area contributed by atoms with E-state index >= 15 is 0 Å². The second-order valence-electron chi connectivity index (χ2n) is 3.70. The van der Waals surface area contributed by atoms with Crippen LogP contribution in [-0.2, 0) is 10.0 Å². The Labute approximate surface area is 117 Å². The van der Waals surface area contributed by atoms with Gasteiger partial charge in [0.15, 0.2) is 5.16 Å². The summed E-state index contributed by atoms with van der Waals surface area (Å²) in [6, 6.07) is 2.41. The van der Waals surface area contributed by atoms with Gasteiger partial charge in [0.05, 0.1) is 10.6 Å². The molecule has 0 spiro atoms. The van der Waals surface area contributed by atoms with Crippen LogP contribution in [0.15, 0.2) is 39.5 Å². The number of benzene rings is 1. The van der Waals surface area contributed by atoms with E-state index in [1.54, 1.807) is 0 Å². The van der Waals surface area contributed by atoms with Gasteiger partial charge in [-0.15, -0.1) is 0 Å². The highest BCUT2D eigenvalue weighted by atomic mass is 35.5. The second-order valence-corrected chi connectivity index (χ2v) is 6.90. The lowest BCUT2D eigenvalue weighted by atomic mass is 10.2. The van der Waals surface area contributed by atoms with Gasteiger partial charge in [-0.2, -0.15) is 0 Å². The number of hydrogen-bond donors (Lipinski definition) is 1. The number of fused-ring (bicyclic) bond motifs is 2. The lowest BCUT2D eigenvalue weighted by Gasteiger charge is -2.18. The molecule has 0 radical (unpaired) electrons. The fourth-order valence-electron chi connectivity index (χ4n) is 1.72. The van der Waals surface area contributed by atoms with Crippen LogP contribution in [0.4, 0.5) is 0 Å². The van der Waals surface area contributed by atoms with E-state index in [9.17, 15) is 13.2 Å². The smallest absolute Gasteiger partial charge is 0.337 e. The molecule has 0 fully saturated rings. The van der Waals surface area contributed by atoms with Crippen LogP contribution >= 0.6 is 23.4 Å². The van der Waals surface area contributed by atoms with Crippen LogP contribution in [-0.4, -0.2) is 28.5 Å². The Balaban J connectivity index is 2.33. The van der Waals surface area contributed by atoms with Crippen LogP contribution in [0, 0.1) is 0 Å². The number of imidazole rings is 1. The van der Waals surface area contributed by atoms with E-state index in [4.69, 9.17) is 16.7 Å². The van der Waals surface area contributed by atoms with E-state index in [1.165, 1.54) is 18.5 Å². The van der Waals surface area contributed by atoms with Crippen LogP contribution in [0.1, 0.15) is 10.4 Å². The van der Waals surface area contributed by atoms with E-state index < -0.39 is 16.0 Å². The summed E-state index contributed by atoms with van der Waals surface area (Å²) in [7, 11) is -3.82. The zero-order valence-electron chi connectivity index (χ0n) is 9.07. The number of aromatic nitrogens is 2. The van der Waals surface area contributed by atoms with E-state index in [2.05, 4.69) is 4.98 Å². The van der Waals surface area contributed by atoms with Crippen molar-refractivity contribution in [1.29, 1.82) is 0 Å². The lowest BCUT2D eigenvalue weighted by Crippen LogP contribution is -2.18. The maximum absolute atomic E-state index is 12.3. The van der Waals surface area contributed by atoms with Gasteiger partial charge in [0.25, 0.3) is 10.0 Å². The average Bonchev–Trinajstić information content (AvgIpc) is 2.76. The molecule has 0 atom stereocenters. The fourth-order valence-corrected chi connectivity index (χ4v) is 4.93. The molecule has 0 saturated carbocycles. The van der Waals surface area contributed by atoms with Gasteiger partial charge in [-0.05, 0) is 23.9 Å². The first-order valence-electron chi connectivity index (χ1n) is 4.95. The highest BCUT2D eigenvalue weighted by Gasteiger charge is 2.31. The summed E-state index contributed by atoms with van der Waals surface area (Å²) in [5, 5.41) is 9.28. The zero-order chi connectivity index (χ0) is 13.8. The van der Waals surface area contributed by atoms with E-state index in [-0.39, 0.29) is 15.5 Å². The fraction of sp³-hybridized carbons (Fsp3) is 0. The van der Waals surface area contributed by atoms with Crippen molar-refractivity contribution in [2.75, 3.05) is 0 Å². The first-order valence-corrected chi connectivity index (χ1v) is 7.58. The standard InChI is InChI=1S/C10H5ClN2O4S2/c11-6-4-7-8(3-5(6)9(14)15)19(16,17)13-2-1-12-10(13)18-7/h1-4H,(H,14,15). The summed E-state index contributed by atoms with van der Waals surface area (Å²) >= 11 is 6.96. The predicted molar refractivity (Wildman–Crippen MR) is 67.3 cm³/mol. The molecule has 1 aliphatic rings. The van der Waals surface area contributed by atoms with Crippen LogP contribution in [0.5, 0.6) is 0 Å². The van der Waals surface area contributed by atoms with Crippen LogP contribution in [0.2, 0.25) is 5.02 Å². The van der Waals surface area contributed by atoms with Gasteiger partial charge in [0, 0.05) is 17.3 Å². The molecule has 0 aliphatic carbocycles. The Bertz CT molecular complexity index is 813. The van der Waals surface area contributed by atoms with E-state index in [0.717, 1.165) is 21.8 Å². The molecule has 1 aromatic heterocycles. The second kappa shape index (κ2) is 3.99. The van der Waals surface area contributed by atoms with Gasteiger partial charge in [0.2, 0.25) is 0 Å². The largest absolute Gasteiger partial charge is 0.478 e. The zero-order valence-corrected chi connectivity index (χ0v) is 11.5. The third-order valence-electron chi connectivity index (χ3n) is 2.58. The molecule has 0 amide bonds. The number of carbonyl (C=O) groups is 1. The summed E-state index contributed by atoms with van der Waals surface area (Å²) < 4.78 is 25.6. The molecule has 3 rings (SSSR count). The minimum absolute atomic E-state index is 0.00560. The minimum Gasteiger partial charge on any atom is -0.478 e. The van der Waals surface area contributed by atoms with Crippen molar-refractivity contribution in [1.82, 2.24) is 8.96 Å². The van der Waals surface area contributed by atoms with E-state index in [1.807, 2.05) is 0 Å². The maximum atomic E-state index is 12.3. The van der Waals surface area contributed by atoms with E-state index in [0.29, 0.717) is 10.1 Å². The number of aromatic carboxylic acids is 1. The molecule has 2 heterocycles. The monoisotopic (exact) mass is 316 g/mol. The SMILES string of the molecule is O=C(O)c1cc2c(cc1Cl)Sc1nccn1S2(=O)=O. The Hall–Kier alpha value is -1.51. The van der Waals surface area contributed by atoms with Gasteiger partial charge in [-0.25, -0.2) is 22.2 Å². The molecule has 1 aliphatic heterocycles. The van der Waals surface area contributed by atoms with Crippen molar-refractivity contribution in [2.24, 2.45) is 0 Å². The first-order chi connectivity index (χ1) is 8.91. The quantitative estimate of drug-likeness (QED) is 0.738. The molecule has 1 aromatic carbocycles. The Kier molecular flexibility index (Phi) is 2.63. The van der Waals surface area contributed by atoms with Gasteiger partial charge < -0.3 is 5.11 Å². The average molecular weight is 317 g/mol. The van der Waals surface area contributed by atoms with Crippen molar-refractivity contribution >= 4 is 39.4 Å². The molecular formula is C10H5ClN2O4S2. The Morgan fingerprint density at radius 1 is 1.42 bits per heavy atom. The van der Waals surface area contributed by atoms with Crippen LogP contribution < -0.4 is 0 Å². The maximum Gasteiger partial charge on any atom is 0.337 e. The van der Waals surface area contributed by atoms with Crippen LogP contribution in [0.3, 0.4) is 0 Å². The van der Waals surface area contributed by atoms with Crippen molar-refractivity contribution < 1.29 is 18.3 Å². The lowest BCUT2D eigenvalue weighted by molar-refractivity contribution is 0.0696. The third kappa shape index (κ3) is 1.75. The summed E-state index contributed by atoms with van der Waals surface area (Å²) in [6.45, 7) is 0. The minimum atomic E-state index is -3.82. The van der Waals surface area contributed by atoms with Gasteiger partial charge in [-0.1, -0.05) is 11.6 Å². The molecule has 6 nitrogen and oxygen atoms in total. The molecule has 0 bridgehead atoms. The van der Waals surface area contributed by atoms with Gasteiger partial charge in [-0.3, -0.25) is 0 Å². The Morgan fingerprint density at radius 3 is 2.84 bits per heavy atom. The van der Waals surface area contributed by atoms with Crippen molar-refractivity contribution in [3.05, 3.63) is 35.1 Å². The highest BCUT2D eigenvalue weighted by Crippen LogP contribution is 2.41. The summed E-state index contributed by atoms with van der Waals surface area (Å²) in [5.74, 6) is -1.27. The number of nitrogens with zero attached hydrogens (tertiary/aromatic N) is 2. The summed E-state index contributed by atoms with van der Waals surface area (Å²) in [5.41, 5.74) is -0.242. The van der Waals surface area contributed by atoms with Crippen molar-refractivity contribution in [3.8, 4) is 0 Å². The number of carboxylic acids is 1. The molecule has 0 unspecified atom stereocenters. The normalized spacial score (nSPS) is 15.6. The molecule has 2 aromatic rings. The molecule has 1 N–H and O–H groups in total. The number of hydrogen-bond acceptors (Lipinski definition) is 5. The molecule has 98 valence electrons. The number of rotatable bonds is 1. The topological polar surface area (TPSA) is 89.3 Å². The summed E-state index contributed by atoms with van der Waals surface area (Å²) in [4.78, 5) is 15.2. The molecule has 9 heteroatoms. The van der Waals surface area contributed by atoms with Gasteiger partial charge in [0.1, 0.15) is 4.90 Å². The van der Waals surface area contributed by atoms with Gasteiger partial charge >= 0.3 is 5.97 Å². The van der Waals surface area contributed by atoms with Crippen LogP contribution in [0.25, 0.3) is 0 Å². The van der Waals surface area contributed by atoms with Crippen molar-refractivity contribution in [3.63, 3.8) is 0 Å². The first kappa shape index (κ1) is 12.5. The Morgan fingerprint density at radius 2 is 2.16 bits per heavy atom. The molecule has 0 saturated heterocycles. The highest BCUT2D eigenvalue weighted by molar-refractivity contribution is 8.01. The molecular weight excluding hydrogens is 312 g/mol. The number of carboxylic acid groups (broad SMARTS) is 1. The summed E-state index contributed by atoms with van der Waals surface area (Å²) in [6.07, 6.45) is 2.68. The third-order valence-corrected chi connectivity index (χ3v) is 5.88. The number of halogens is 1. The van der Waals surface area contributed by atoms with Crippen molar-refractivity contribution in [2.45, 2.75) is 14.9 Å². The molecule has 19 heavy (non-hydrogen) atoms.